The van der Waals surface area contributed by atoms with Gasteiger partial charge in [0.05, 0.1) is 16.1 Å². The fourth-order valence-electron chi connectivity index (χ4n) is 2.64. The van der Waals surface area contributed by atoms with Crippen molar-refractivity contribution in [1.82, 2.24) is 4.98 Å². The molecule has 0 unspecified atom stereocenters. The Hall–Kier alpha value is -2.90. The summed E-state index contributed by atoms with van der Waals surface area (Å²) < 4.78 is 28.0. The highest BCUT2D eigenvalue weighted by Crippen LogP contribution is 2.24. The van der Waals surface area contributed by atoms with Crippen LogP contribution in [-0.4, -0.2) is 19.3 Å². The first kappa shape index (κ1) is 19.9. The summed E-state index contributed by atoms with van der Waals surface area (Å²) in [6.45, 7) is 3.68. The van der Waals surface area contributed by atoms with E-state index in [1.807, 2.05) is 32.0 Å². The highest BCUT2D eigenvalue weighted by molar-refractivity contribution is 7.92. The summed E-state index contributed by atoms with van der Waals surface area (Å²) in [4.78, 5) is 16.2. The highest BCUT2D eigenvalue weighted by atomic mass is 35.5. The number of rotatable bonds is 5. The van der Waals surface area contributed by atoms with Gasteiger partial charge in [0.15, 0.2) is 0 Å². The molecule has 0 fully saturated rings. The Morgan fingerprint density at radius 1 is 0.964 bits per heavy atom. The van der Waals surface area contributed by atoms with Gasteiger partial charge in [-0.25, -0.2) is 13.4 Å². The van der Waals surface area contributed by atoms with Gasteiger partial charge < -0.3 is 5.32 Å². The van der Waals surface area contributed by atoms with Crippen LogP contribution in [0.4, 0.5) is 11.4 Å². The van der Waals surface area contributed by atoms with Crippen LogP contribution in [0.15, 0.2) is 65.7 Å². The number of para-hydroxylation sites is 1. The lowest BCUT2D eigenvalue weighted by Gasteiger charge is -2.13. The molecule has 0 atom stereocenters. The van der Waals surface area contributed by atoms with E-state index in [0.717, 1.165) is 11.1 Å². The van der Waals surface area contributed by atoms with Gasteiger partial charge in [0.25, 0.3) is 15.9 Å². The first-order chi connectivity index (χ1) is 13.3. The van der Waals surface area contributed by atoms with Gasteiger partial charge in [-0.3, -0.25) is 9.52 Å². The van der Waals surface area contributed by atoms with Crippen molar-refractivity contribution in [3.8, 4) is 0 Å². The molecule has 0 saturated carbocycles. The monoisotopic (exact) mass is 415 g/mol. The number of nitrogens with one attached hydrogen (secondary N) is 2. The molecule has 0 aliphatic carbocycles. The van der Waals surface area contributed by atoms with E-state index in [9.17, 15) is 13.2 Å². The Morgan fingerprint density at radius 2 is 1.61 bits per heavy atom. The largest absolute Gasteiger partial charge is 0.322 e. The van der Waals surface area contributed by atoms with Crippen LogP contribution in [0.3, 0.4) is 0 Å². The fraction of sp³-hybridized carbons (Fsp3) is 0.100. The molecule has 3 rings (SSSR count). The quantitative estimate of drug-likeness (QED) is 0.604. The molecule has 6 nitrogen and oxygen atoms in total. The van der Waals surface area contributed by atoms with Gasteiger partial charge in [-0.1, -0.05) is 29.8 Å². The Kier molecular flexibility index (Phi) is 5.67. The van der Waals surface area contributed by atoms with Crippen LogP contribution < -0.4 is 10.0 Å². The third-order valence-corrected chi connectivity index (χ3v) is 5.81. The van der Waals surface area contributed by atoms with Gasteiger partial charge in [-0.15, -0.1) is 0 Å². The summed E-state index contributed by atoms with van der Waals surface area (Å²) in [5.41, 5.74) is 2.90. The number of benzene rings is 2. The Labute approximate surface area is 168 Å². The summed E-state index contributed by atoms with van der Waals surface area (Å²) in [5, 5.41) is 2.76. The van der Waals surface area contributed by atoms with E-state index in [1.54, 1.807) is 12.1 Å². The van der Waals surface area contributed by atoms with Gasteiger partial charge in [-0.05, 0) is 61.4 Å². The summed E-state index contributed by atoms with van der Waals surface area (Å²) in [6.07, 6.45) is 1.49. The summed E-state index contributed by atoms with van der Waals surface area (Å²) >= 11 is 5.91. The fourth-order valence-corrected chi connectivity index (χ4v) is 4.05. The van der Waals surface area contributed by atoms with E-state index >= 15 is 0 Å². The van der Waals surface area contributed by atoms with Crippen LogP contribution in [0.2, 0.25) is 5.15 Å². The zero-order valence-electron chi connectivity index (χ0n) is 15.2. The Morgan fingerprint density at radius 3 is 2.21 bits per heavy atom. The van der Waals surface area contributed by atoms with Gasteiger partial charge in [0, 0.05) is 11.9 Å². The van der Waals surface area contributed by atoms with Crippen LogP contribution >= 0.6 is 11.6 Å². The van der Waals surface area contributed by atoms with Gasteiger partial charge in [-0.2, -0.15) is 0 Å². The van der Waals surface area contributed by atoms with E-state index in [-0.39, 0.29) is 15.6 Å². The minimum absolute atomic E-state index is 0.0903. The van der Waals surface area contributed by atoms with E-state index in [4.69, 9.17) is 11.6 Å². The molecule has 0 bridgehead atoms. The van der Waals surface area contributed by atoms with Crippen LogP contribution in [0.25, 0.3) is 0 Å². The number of aryl methyl sites for hydroxylation is 2. The number of aromatic nitrogens is 1. The second kappa shape index (κ2) is 8.00. The number of halogens is 1. The predicted octanol–water partition coefficient (Wildman–Crippen LogP) is 4.40. The summed E-state index contributed by atoms with van der Waals surface area (Å²) in [7, 11) is -3.76. The normalized spacial score (nSPS) is 11.1. The molecule has 2 aromatic carbocycles. The molecular weight excluding hydrogens is 398 g/mol. The SMILES string of the molecule is Cc1cccc(C)c1NS(=O)(=O)c1ccc(NC(=O)c2cccnc2Cl)cc1. The summed E-state index contributed by atoms with van der Waals surface area (Å²) in [5.74, 6) is -0.428. The molecule has 144 valence electrons. The van der Waals surface area contributed by atoms with Crippen LogP contribution in [-0.2, 0) is 10.0 Å². The van der Waals surface area contributed by atoms with Crippen molar-refractivity contribution >= 4 is 38.9 Å². The number of anilines is 2. The lowest BCUT2D eigenvalue weighted by molar-refractivity contribution is 0.102. The van der Waals surface area contributed by atoms with Crippen molar-refractivity contribution < 1.29 is 13.2 Å². The minimum atomic E-state index is -3.76. The third-order valence-electron chi connectivity index (χ3n) is 4.14. The average molecular weight is 416 g/mol. The van der Waals surface area contributed by atoms with Crippen molar-refractivity contribution in [3.63, 3.8) is 0 Å². The average Bonchev–Trinajstić information content (AvgIpc) is 2.65. The van der Waals surface area contributed by atoms with Gasteiger partial charge >= 0.3 is 0 Å². The number of amides is 1. The van der Waals surface area contributed by atoms with E-state index in [0.29, 0.717) is 11.4 Å². The zero-order valence-corrected chi connectivity index (χ0v) is 16.8. The third kappa shape index (κ3) is 4.32. The smallest absolute Gasteiger partial charge is 0.261 e. The van der Waals surface area contributed by atoms with Crippen molar-refractivity contribution in [3.05, 3.63) is 82.6 Å². The lowest BCUT2D eigenvalue weighted by Crippen LogP contribution is -2.15. The molecule has 28 heavy (non-hydrogen) atoms. The molecule has 0 saturated heterocycles. The Balaban J connectivity index is 1.78. The number of nitrogens with zero attached hydrogens (tertiary/aromatic N) is 1. The molecule has 0 aliphatic heterocycles. The maximum atomic E-state index is 12.7. The molecule has 8 heteroatoms. The minimum Gasteiger partial charge on any atom is -0.322 e. The Bertz CT molecular complexity index is 1110. The zero-order chi connectivity index (χ0) is 20.3. The number of hydrogen-bond donors (Lipinski definition) is 2. The molecule has 0 spiro atoms. The summed E-state index contributed by atoms with van der Waals surface area (Å²) in [6, 6.07) is 14.6. The maximum absolute atomic E-state index is 12.7. The number of pyridine rings is 1. The van der Waals surface area contributed by atoms with Gasteiger partial charge in [0.1, 0.15) is 5.15 Å². The second-order valence-corrected chi connectivity index (χ2v) is 8.23. The van der Waals surface area contributed by atoms with E-state index in [2.05, 4.69) is 15.0 Å². The lowest BCUT2D eigenvalue weighted by atomic mass is 10.1. The first-order valence-electron chi connectivity index (χ1n) is 8.39. The van der Waals surface area contributed by atoms with E-state index in [1.165, 1.54) is 30.5 Å². The number of hydrogen-bond acceptors (Lipinski definition) is 4. The molecule has 1 aromatic heterocycles. The molecule has 1 amide bonds. The van der Waals surface area contributed by atoms with Crippen LogP contribution in [0.5, 0.6) is 0 Å². The maximum Gasteiger partial charge on any atom is 0.261 e. The second-order valence-electron chi connectivity index (χ2n) is 6.19. The highest BCUT2D eigenvalue weighted by Gasteiger charge is 2.17. The molecule has 1 heterocycles. The number of sulfonamides is 1. The van der Waals surface area contributed by atoms with Crippen molar-refractivity contribution in [2.75, 3.05) is 10.0 Å². The first-order valence-corrected chi connectivity index (χ1v) is 10.2. The molecule has 0 aliphatic rings. The van der Waals surface area contributed by atoms with Crippen LogP contribution in [0, 0.1) is 13.8 Å². The number of carbonyl (C=O) groups excluding carboxylic acids is 1. The van der Waals surface area contributed by atoms with Crippen molar-refractivity contribution in [1.29, 1.82) is 0 Å². The molecule has 0 radical (unpaired) electrons. The topological polar surface area (TPSA) is 88.2 Å². The van der Waals surface area contributed by atoms with Crippen molar-refractivity contribution in [2.45, 2.75) is 18.7 Å². The molecule has 3 aromatic rings. The van der Waals surface area contributed by atoms with Crippen LogP contribution in [0.1, 0.15) is 21.5 Å². The van der Waals surface area contributed by atoms with Gasteiger partial charge in [0.2, 0.25) is 0 Å². The van der Waals surface area contributed by atoms with Crippen molar-refractivity contribution in [2.24, 2.45) is 0 Å². The standard InChI is InChI=1S/C20H18ClN3O3S/c1-13-5-3-6-14(2)18(13)24-28(26,27)16-10-8-15(9-11-16)23-20(25)17-7-4-12-22-19(17)21/h3-12,24H,1-2H3,(H,23,25). The molecule has 2 N–H and O–H groups in total. The molecular formula is C20H18ClN3O3S. The van der Waals surface area contributed by atoms with E-state index < -0.39 is 15.9 Å². The number of carbonyl (C=O) groups is 1. The predicted molar refractivity (Wildman–Crippen MR) is 110 cm³/mol.